The van der Waals surface area contributed by atoms with E-state index in [4.69, 9.17) is 5.11 Å². The lowest BCUT2D eigenvalue weighted by atomic mass is 10.1. The van der Waals surface area contributed by atoms with Gasteiger partial charge in [-0.2, -0.15) is 5.10 Å². The van der Waals surface area contributed by atoms with Crippen molar-refractivity contribution in [2.24, 2.45) is 5.10 Å². The zero-order valence-electron chi connectivity index (χ0n) is 12.0. The van der Waals surface area contributed by atoms with Crippen molar-refractivity contribution in [2.45, 2.75) is 32.4 Å². The number of hydrazone groups is 1. The molecule has 1 atom stereocenters. The predicted molar refractivity (Wildman–Crippen MR) is 78.4 cm³/mol. The van der Waals surface area contributed by atoms with Gasteiger partial charge in [0.25, 0.3) is 5.91 Å². The highest BCUT2D eigenvalue weighted by Crippen LogP contribution is 2.13. The van der Waals surface area contributed by atoms with Crippen LogP contribution in [0.2, 0.25) is 0 Å². The molecule has 0 fully saturated rings. The van der Waals surface area contributed by atoms with Gasteiger partial charge in [0.1, 0.15) is 5.71 Å². The Morgan fingerprint density at radius 1 is 1.38 bits per heavy atom. The predicted octanol–water partition coefficient (Wildman–Crippen LogP) is 0.662. The van der Waals surface area contributed by atoms with Gasteiger partial charge in [0, 0.05) is 18.9 Å². The zero-order valence-corrected chi connectivity index (χ0v) is 12.0. The molecule has 0 saturated heterocycles. The highest BCUT2D eigenvalue weighted by Gasteiger charge is 2.25. The van der Waals surface area contributed by atoms with Gasteiger partial charge in [0.05, 0.1) is 13.2 Å². The molecule has 1 aliphatic rings. The molecule has 0 radical (unpaired) electrons. The Balaban J connectivity index is 2.08. The van der Waals surface area contributed by atoms with Gasteiger partial charge in [-0.25, -0.2) is 5.01 Å². The fourth-order valence-corrected chi connectivity index (χ4v) is 2.00. The normalized spacial score (nSPS) is 16.4. The van der Waals surface area contributed by atoms with Crippen molar-refractivity contribution < 1.29 is 14.7 Å². The third-order valence-electron chi connectivity index (χ3n) is 3.19. The molecule has 2 amide bonds. The molecule has 0 aliphatic carbocycles. The lowest BCUT2D eigenvalue weighted by Crippen LogP contribution is -2.43. The summed E-state index contributed by atoms with van der Waals surface area (Å²) in [5.74, 6) is -0.423. The molecule has 6 nitrogen and oxygen atoms in total. The Labute approximate surface area is 123 Å². The molecule has 2 N–H and O–H groups in total. The van der Waals surface area contributed by atoms with Crippen molar-refractivity contribution in [2.75, 3.05) is 6.61 Å². The third-order valence-corrected chi connectivity index (χ3v) is 3.19. The summed E-state index contributed by atoms with van der Waals surface area (Å²) in [7, 11) is 0. The molecule has 1 aromatic carbocycles. The first-order chi connectivity index (χ1) is 10.1. The van der Waals surface area contributed by atoms with Gasteiger partial charge in [0.15, 0.2) is 0 Å². The Morgan fingerprint density at radius 2 is 2.10 bits per heavy atom. The highest BCUT2D eigenvalue weighted by molar-refractivity contribution is 6.39. The minimum atomic E-state index is -0.333. The summed E-state index contributed by atoms with van der Waals surface area (Å²) >= 11 is 0. The van der Waals surface area contributed by atoms with Gasteiger partial charge in [-0.15, -0.1) is 0 Å². The molecule has 1 aliphatic heterocycles. The summed E-state index contributed by atoms with van der Waals surface area (Å²) in [6.07, 6.45) is 0.598. The van der Waals surface area contributed by atoms with Crippen LogP contribution >= 0.6 is 0 Å². The summed E-state index contributed by atoms with van der Waals surface area (Å²) in [5.41, 5.74) is 1.28. The van der Waals surface area contributed by atoms with Crippen molar-refractivity contribution in [1.82, 2.24) is 10.3 Å². The molecule has 1 heterocycles. The van der Waals surface area contributed by atoms with Crippen LogP contribution in [0.15, 0.2) is 35.4 Å². The fourth-order valence-electron chi connectivity index (χ4n) is 2.00. The van der Waals surface area contributed by atoms with E-state index < -0.39 is 0 Å². The van der Waals surface area contributed by atoms with E-state index in [0.717, 1.165) is 5.56 Å². The lowest BCUT2D eigenvalue weighted by Gasteiger charge is -2.23. The smallest absolute Gasteiger partial charge is 0.267 e. The molecule has 2 rings (SSSR count). The van der Waals surface area contributed by atoms with Gasteiger partial charge in [-0.1, -0.05) is 30.3 Å². The Hall–Kier alpha value is -2.21. The van der Waals surface area contributed by atoms with Crippen molar-refractivity contribution in [3.8, 4) is 0 Å². The number of amides is 2. The summed E-state index contributed by atoms with van der Waals surface area (Å²) in [6.45, 7) is 1.92. The number of nitrogens with zero attached hydrogens (tertiary/aromatic N) is 2. The number of aliphatic hydroxyl groups is 1. The van der Waals surface area contributed by atoms with E-state index in [1.165, 1.54) is 5.01 Å². The minimum absolute atomic E-state index is 0.0920. The SMILES string of the molecule is CC(CO)NC(=O)C1=NN(Cc2ccccc2)C(=O)CC1. The van der Waals surface area contributed by atoms with Crippen LogP contribution in [0.3, 0.4) is 0 Å². The monoisotopic (exact) mass is 289 g/mol. The van der Waals surface area contributed by atoms with Crippen LogP contribution in [0.4, 0.5) is 0 Å². The molecule has 0 spiro atoms. The molecule has 21 heavy (non-hydrogen) atoms. The molecule has 1 aromatic rings. The van der Waals surface area contributed by atoms with Gasteiger partial charge in [-0.3, -0.25) is 9.59 Å². The number of rotatable bonds is 5. The van der Waals surface area contributed by atoms with Crippen LogP contribution < -0.4 is 5.32 Å². The topological polar surface area (TPSA) is 82.0 Å². The van der Waals surface area contributed by atoms with Gasteiger partial charge >= 0.3 is 0 Å². The average Bonchev–Trinajstić information content (AvgIpc) is 2.50. The molecular formula is C15H19N3O3. The molecular weight excluding hydrogens is 270 g/mol. The maximum absolute atomic E-state index is 12.0. The van der Waals surface area contributed by atoms with Crippen molar-refractivity contribution in [3.05, 3.63) is 35.9 Å². The first-order valence-electron chi connectivity index (χ1n) is 6.93. The second-order valence-corrected chi connectivity index (χ2v) is 5.04. The summed E-state index contributed by atoms with van der Waals surface area (Å²) < 4.78 is 0. The highest BCUT2D eigenvalue weighted by atomic mass is 16.3. The van der Waals surface area contributed by atoms with E-state index in [2.05, 4.69) is 10.4 Å². The van der Waals surface area contributed by atoms with E-state index >= 15 is 0 Å². The summed E-state index contributed by atoms with van der Waals surface area (Å²) in [4.78, 5) is 23.9. The largest absolute Gasteiger partial charge is 0.394 e. The first-order valence-corrected chi connectivity index (χ1v) is 6.93. The maximum Gasteiger partial charge on any atom is 0.267 e. The standard InChI is InChI=1S/C15H19N3O3/c1-11(10-19)16-15(21)13-7-8-14(20)18(17-13)9-12-5-3-2-4-6-12/h2-6,11,19H,7-10H2,1H3,(H,16,21). The lowest BCUT2D eigenvalue weighted by molar-refractivity contribution is -0.132. The fraction of sp³-hybridized carbons (Fsp3) is 0.400. The van der Waals surface area contributed by atoms with Gasteiger partial charge < -0.3 is 10.4 Å². The molecule has 0 aromatic heterocycles. The quantitative estimate of drug-likeness (QED) is 0.835. The third kappa shape index (κ3) is 4.13. The number of nitrogens with one attached hydrogen (secondary N) is 1. The van der Waals surface area contributed by atoms with Crippen LogP contribution in [0.5, 0.6) is 0 Å². The van der Waals surface area contributed by atoms with Crippen molar-refractivity contribution in [1.29, 1.82) is 0 Å². The van der Waals surface area contributed by atoms with Gasteiger partial charge in [-0.05, 0) is 12.5 Å². The molecule has 6 heteroatoms. The molecule has 1 unspecified atom stereocenters. The van der Waals surface area contributed by atoms with Crippen LogP contribution in [-0.4, -0.2) is 40.3 Å². The average molecular weight is 289 g/mol. The van der Waals surface area contributed by atoms with Crippen molar-refractivity contribution in [3.63, 3.8) is 0 Å². The number of benzene rings is 1. The number of hydrogen-bond donors (Lipinski definition) is 2. The minimum Gasteiger partial charge on any atom is -0.394 e. The Kier molecular flexibility index (Phi) is 5.05. The summed E-state index contributed by atoms with van der Waals surface area (Å²) in [6, 6.07) is 9.17. The van der Waals surface area contributed by atoms with E-state index in [0.29, 0.717) is 18.7 Å². The number of aliphatic hydroxyl groups excluding tert-OH is 1. The Morgan fingerprint density at radius 3 is 2.76 bits per heavy atom. The van der Waals surface area contributed by atoms with Crippen LogP contribution in [0.25, 0.3) is 0 Å². The van der Waals surface area contributed by atoms with Crippen LogP contribution in [-0.2, 0) is 16.1 Å². The van der Waals surface area contributed by atoms with E-state index in [1.54, 1.807) is 6.92 Å². The second kappa shape index (κ2) is 6.99. The van der Waals surface area contributed by atoms with Gasteiger partial charge in [0.2, 0.25) is 5.91 Å². The molecule has 0 bridgehead atoms. The van der Waals surface area contributed by atoms with Crippen molar-refractivity contribution >= 4 is 17.5 Å². The number of hydrogen-bond acceptors (Lipinski definition) is 4. The molecule has 0 saturated carbocycles. The summed E-state index contributed by atoms with van der Waals surface area (Å²) in [5, 5.41) is 17.1. The maximum atomic E-state index is 12.0. The van der Waals surface area contributed by atoms with E-state index in [-0.39, 0.29) is 30.9 Å². The Bertz CT molecular complexity index is 542. The molecule has 112 valence electrons. The second-order valence-electron chi connectivity index (χ2n) is 5.04. The number of carbonyl (C=O) groups is 2. The van der Waals surface area contributed by atoms with E-state index in [1.807, 2.05) is 30.3 Å². The van der Waals surface area contributed by atoms with Crippen LogP contribution in [0.1, 0.15) is 25.3 Å². The zero-order chi connectivity index (χ0) is 15.2. The number of carbonyl (C=O) groups excluding carboxylic acids is 2. The van der Waals surface area contributed by atoms with Crippen LogP contribution in [0, 0.1) is 0 Å². The first kappa shape index (κ1) is 15.2. The van der Waals surface area contributed by atoms with E-state index in [9.17, 15) is 9.59 Å².